The van der Waals surface area contributed by atoms with Crippen molar-refractivity contribution < 1.29 is 9.53 Å². The number of rotatable bonds is 2. The summed E-state index contributed by atoms with van der Waals surface area (Å²) in [5.74, 6) is 0. The minimum atomic E-state index is -0.0712. The highest BCUT2D eigenvalue weighted by molar-refractivity contribution is 5.73. The molecule has 0 bridgehead atoms. The predicted molar refractivity (Wildman–Crippen MR) is 50.3 cm³/mol. The molecule has 0 saturated carbocycles. The van der Waals surface area contributed by atoms with Gasteiger partial charge in [0.2, 0.25) is 0 Å². The van der Waals surface area contributed by atoms with Crippen LogP contribution in [0.1, 0.15) is 12.8 Å². The average molecular weight is 184 g/mol. The molecule has 1 unspecified atom stereocenters. The third-order valence-corrected chi connectivity index (χ3v) is 1.91. The van der Waals surface area contributed by atoms with Crippen LogP contribution in [0.3, 0.4) is 0 Å². The number of nitrogens with zero attached hydrogens (tertiary/aromatic N) is 1. The van der Waals surface area contributed by atoms with Gasteiger partial charge in [0.25, 0.3) is 0 Å². The largest absolute Gasteiger partial charge is 0.497 e. The van der Waals surface area contributed by atoms with Gasteiger partial charge in [-0.2, -0.15) is 0 Å². The molecule has 1 rings (SSSR count). The molecule has 1 N–H and O–H groups in total. The average Bonchev–Trinajstić information content (AvgIpc) is 2.15. The van der Waals surface area contributed by atoms with E-state index in [-0.39, 0.29) is 12.1 Å². The highest BCUT2D eigenvalue weighted by Crippen LogP contribution is 2.08. The highest BCUT2D eigenvalue weighted by Gasteiger charge is 2.12. The normalized spacial score (nSPS) is 20.6. The Labute approximate surface area is 78.5 Å². The van der Waals surface area contributed by atoms with E-state index in [0.29, 0.717) is 6.54 Å². The third-order valence-electron chi connectivity index (χ3n) is 1.91. The van der Waals surface area contributed by atoms with E-state index in [4.69, 9.17) is 4.74 Å². The van der Waals surface area contributed by atoms with E-state index >= 15 is 0 Å². The van der Waals surface area contributed by atoms with Crippen molar-refractivity contribution in [2.24, 2.45) is 0 Å². The van der Waals surface area contributed by atoms with Gasteiger partial charge >= 0.3 is 6.03 Å². The zero-order valence-corrected chi connectivity index (χ0v) is 8.12. The van der Waals surface area contributed by atoms with Crippen molar-refractivity contribution in [3.8, 4) is 0 Å². The molecule has 0 aliphatic carbocycles. The van der Waals surface area contributed by atoms with Crippen LogP contribution >= 0.6 is 0 Å². The van der Waals surface area contributed by atoms with E-state index in [2.05, 4.69) is 5.32 Å². The summed E-state index contributed by atoms with van der Waals surface area (Å²) in [6, 6.07) is -0.0712. The van der Waals surface area contributed by atoms with Crippen LogP contribution in [0.4, 0.5) is 4.79 Å². The molecule has 4 nitrogen and oxygen atoms in total. The smallest absolute Gasteiger partial charge is 0.317 e. The summed E-state index contributed by atoms with van der Waals surface area (Å²) in [5.41, 5.74) is 0. The first-order valence-electron chi connectivity index (χ1n) is 4.46. The number of carbonyl (C=O) groups is 1. The fraction of sp³-hybridized carbons (Fsp3) is 0.667. The number of amides is 2. The van der Waals surface area contributed by atoms with E-state index in [0.717, 1.165) is 12.8 Å². The molecule has 1 aliphatic rings. The standard InChI is InChI=1S/C9H16N2O2/c1-11(2)9(12)10-7-8-5-3-4-6-13-8/h4,6,8H,3,5,7H2,1-2H3,(H,10,12). The van der Waals surface area contributed by atoms with Crippen molar-refractivity contribution in [2.45, 2.75) is 18.9 Å². The Morgan fingerprint density at radius 2 is 2.46 bits per heavy atom. The molecule has 13 heavy (non-hydrogen) atoms. The molecule has 0 fully saturated rings. The van der Waals surface area contributed by atoms with Crippen LogP contribution in [-0.4, -0.2) is 37.7 Å². The Hall–Kier alpha value is -1.19. The maximum absolute atomic E-state index is 11.1. The molecule has 0 radical (unpaired) electrons. The molecule has 1 heterocycles. The SMILES string of the molecule is CN(C)C(=O)NCC1CCC=CO1. The van der Waals surface area contributed by atoms with Crippen LogP contribution in [0, 0.1) is 0 Å². The summed E-state index contributed by atoms with van der Waals surface area (Å²) in [6.45, 7) is 0.585. The molecule has 0 aromatic rings. The van der Waals surface area contributed by atoms with Crippen molar-refractivity contribution in [1.29, 1.82) is 0 Å². The van der Waals surface area contributed by atoms with Gasteiger partial charge in [-0.05, 0) is 18.9 Å². The highest BCUT2D eigenvalue weighted by atomic mass is 16.5. The molecular weight excluding hydrogens is 168 g/mol. The maximum Gasteiger partial charge on any atom is 0.317 e. The van der Waals surface area contributed by atoms with Crippen LogP contribution in [-0.2, 0) is 4.74 Å². The van der Waals surface area contributed by atoms with Gasteiger partial charge in [-0.15, -0.1) is 0 Å². The van der Waals surface area contributed by atoms with Crippen LogP contribution in [0.15, 0.2) is 12.3 Å². The van der Waals surface area contributed by atoms with Gasteiger partial charge in [0.15, 0.2) is 0 Å². The lowest BCUT2D eigenvalue weighted by Crippen LogP contribution is -2.39. The fourth-order valence-electron chi connectivity index (χ4n) is 1.09. The molecule has 0 aromatic carbocycles. The predicted octanol–water partition coefficient (Wildman–Crippen LogP) is 0.950. The molecule has 0 spiro atoms. The Kier molecular flexibility index (Phi) is 3.61. The number of urea groups is 1. The van der Waals surface area contributed by atoms with E-state index < -0.39 is 0 Å². The lowest BCUT2D eigenvalue weighted by atomic mass is 10.1. The molecule has 0 saturated heterocycles. The topological polar surface area (TPSA) is 41.6 Å². The lowest BCUT2D eigenvalue weighted by Gasteiger charge is -2.20. The van der Waals surface area contributed by atoms with Crippen molar-refractivity contribution >= 4 is 6.03 Å². The number of allylic oxidation sites excluding steroid dienone is 1. The van der Waals surface area contributed by atoms with Crippen LogP contribution in [0.5, 0.6) is 0 Å². The maximum atomic E-state index is 11.1. The van der Waals surface area contributed by atoms with Crippen LogP contribution < -0.4 is 5.32 Å². The second-order valence-corrected chi connectivity index (χ2v) is 3.29. The molecule has 4 heteroatoms. The summed E-state index contributed by atoms with van der Waals surface area (Å²) < 4.78 is 5.29. The Morgan fingerprint density at radius 3 is 3.00 bits per heavy atom. The van der Waals surface area contributed by atoms with Crippen molar-refractivity contribution in [2.75, 3.05) is 20.6 Å². The zero-order chi connectivity index (χ0) is 9.68. The lowest BCUT2D eigenvalue weighted by molar-refractivity contribution is 0.122. The fourth-order valence-corrected chi connectivity index (χ4v) is 1.09. The van der Waals surface area contributed by atoms with E-state index in [1.54, 1.807) is 20.4 Å². The van der Waals surface area contributed by atoms with Gasteiger partial charge in [0.1, 0.15) is 6.10 Å². The number of ether oxygens (including phenoxy) is 1. The second-order valence-electron chi connectivity index (χ2n) is 3.29. The second kappa shape index (κ2) is 4.74. The first-order valence-corrected chi connectivity index (χ1v) is 4.46. The summed E-state index contributed by atoms with van der Waals surface area (Å²) in [4.78, 5) is 12.6. The molecule has 0 aromatic heterocycles. The quantitative estimate of drug-likeness (QED) is 0.694. The van der Waals surface area contributed by atoms with E-state index in [1.807, 2.05) is 6.08 Å². The minimum Gasteiger partial charge on any atom is -0.497 e. The monoisotopic (exact) mass is 184 g/mol. The Bertz CT molecular complexity index is 202. The van der Waals surface area contributed by atoms with E-state index in [9.17, 15) is 4.79 Å². The summed E-state index contributed by atoms with van der Waals surface area (Å²) in [7, 11) is 3.44. The molecule has 1 aliphatic heterocycles. The summed E-state index contributed by atoms with van der Waals surface area (Å²) in [5, 5.41) is 2.78. The molecule has 2 amide bonds. The summed E-state index contributed by atoms with van der Waals surface area (Å²) >= 11 is 0. The first-order chi connectivity index (χ1) is 6.20. The Morgan fingerprint density at radius 1 is 1.69 bits per heavy atom. The minimum absolute atomic E-state index is 0.0712. The number of carbonyl (C=O) groups excluding carboxylic acids is 1. The molecular formula is C9H16N2O2. The molecule has 74 valence electrons. The van der Waals surface area contributed by atoms with Crippen LogP contribution in [0.25, 0.3) is 0 Å². The van der Waals surface area contributed by atoms with E-state index in [1.165, 1.54) is 4.90 Å². The first kappa shape index (κ1) is 9.89. The number of nitrogens with one attached hydrogen (secondary N) is 1. The van der Waals surface area contributed by atoms with Gasteiger partial charge in [-0.3, -0.25) is 0 Å². The van der Waals surface area contributed by atoms with Gasteiger partial charge in [-0.25, -0.2) is 4.79 Å². The van der Waals surface area contributed by atoms with Crippen molar-refractivity contribution in [1.82, 2.24) is 10.2 Å². The van der Waals surface area contributed by atoms with Crippen molar-refractivity contribution in [3.05, 3.63) is 12.3 Å². The number of hydrogen-bond donors (Lipinski definition) is 1. The van der Waals surface area contributed by atoms with Gasteiger partial charge in [0, 0.05) is 14.1 Å². The third kappa shape index (κ3) is 3.36. The van der Waals surface area contributed by atoms with Gasteiger partial charge in [-0.1, -0.05) is 0 Å². The van der Waals surface area contributed by atoms with Crippen molar-refractivity contribution in [3.63, 3.8) is 0 Å². The van der Waals surface area contributed by atoms with Crippen LogP contribution in [0.2, 0.25) is 0 Å². The summed E-state index contributed by atoms with van der Waals surface area (Å²) in [6.07, 6.45) is 5.83. The van der Waals surface area contributed by atoms with Gasteiger partial charge < -0.3 is 15.0 Å². The number of hydrogen-bond acceptors (Lipinski definition) is 2. The Balaban J connectivity index is 2.18. The molecule has 1 atom stereocenters. The van der Waals surface area contributed by atoms with Gasteiger partial charge in [0.05, 0.1) is 12.8 Å². The zero-order valence-electron chi connectivity index (χ0n) is 8.12.